The molecule has 0 spiro atoms. The number of hydrogen-bond acceptors (Lipinski definition) is 3. The minimum absolute atomic E-state index is 0.0143. The molecule has 5 heteroatoms. The summed E-state index contributed by atoms with van der Waals surface area (Å²) < 4.78 is 0. The van der Waals surface area contributed by atoms with Crippen LogP contribution in [0.2, 0.25) is 0 Å². The lowest BCUT2D eigenvalue weighted by Crippen LogP contribution is -2.41. The molecular weight excluding hydrogens is 278 g/mol. The van der Waals surface area contributed by atoms with Crippen molar-refractivity contribution in [1.82, 2.24) is 14.8 Å². The van der Waals surface area contributed by atoms with Gasteiger partial charge in [-0.2, -0.15) is 0 Å². The maximum Gasteiger partial charge on any atom is 0.232 e. The average Bonchev–Trinajstić information content (AvgIpc) is 2.53. The summed E-state index contributed by atoms with van der Waals surface area (Å²) in [7, 11) is 1.76. The summed E-state index contributed by atoms with van der Waals surface area (Å²) in [5, 5.41) is 0. The van der Waals surface area contributed by atoms with E-state index in [0.717, 1.165) is 31.5 Å². The Labute approximate surface area is 132 Å². The van der Waals surface area contributed by atoms with Gasteiger partial charge in [0.1, 0.15) is 6.42 Å². The zero-order valence-electron chi connectivity index (χ0n) is 13.5. The Balaban J connectivity index is 1.77. The van der Waals surface area contributed by atoms with E-state index in [-0.39, 0.29) is 18.2 Å². The van der Waals surface area contributed by atoms with Gasteiger partial charge in [0.05, 0.1) is 0 Å². The Morgan fingerprint density at radius 3 is 2.77 bits per heavy atom. The molecule has 1 atom stereocenters. The van der Waals surface area contributed by atoms with Gasteiger partial charge in [-0.25, -0.2) is 0 Å². The van der Waals surface area contributed by atoms with Crippen molar-refractivity contribution >= 4 is 11.8 Å². The summed E-state index contributed by atoms with van der Waals surface area (Å²) in [6, 6.07) is 3.89. The lowest BCUT2D eigenvalue weighted by Gasteiger charge is -2.31. The maximum atomic E-state index is 12.2. The number of rotatable bonds is 5. The van der Waals surface area contributed by atoms with Gasteiger partial charge in [-0.05, 0) is 42.9 Å². The van der Waals surface area contributed by atoms with Crippen molar-refractivity contribution in [3.63, 3.8) is 0 Å². The van der Waals surface area contributed by atoms with Crippen LogP contribution in [0.3, 0.4) is 0 Å². The number of amides is 2. The molecule has 1 aliphatic heterocycles. The number of likely N-dealkylation sites (tertiary alicyclic amines) is 1. The van der Waals surface area contributed by atoms with Crippen LogP contribution in [0.25, 0.3) is 0 Å². The summed E-state index contributed by atoms with van der Waals surface area (Å²) in [6.07, 6.45) is 6.47. The molecular formula is C17H25N3O2. The van der Waals surface area contributed by atoms with Gasteiger partial charge in [-0.3, -0.25) is 14.6 Å². The first kappa shape index (κ1) is 16.5. The Morgan fingerprint density at radius 2 is 2.09 bits per heavy atom. The number of hydrogen-bond donors (Lipinski definition) is 0. The van der Waals surface area contributed by atoms with E-state index in [4.69, 9.17) is 0 Å². The second kappa shape index (κ2) is 7.92. The zero-order valence-corrected chi connectivity index (χ0v) is 13.5. The predicted molar refractivity (Wildman–Crippen MR) is 85.2 cm³/mol. The minimum atomic E-state index is -0.0997. The summed E-state index contributed by atoms with van der Waals surface area (Å²) in [5.74, 6) is 0.404. The standard InChI is InChI=1S/C17H25N3O2/c1-14-4-3-10-20(13-14)17(22)12-16(21)19(2)11-7-15-5-8-18-9-6-15/h5-6,8-9,14H,3-4,7,10-13H2,1-2H3. The molecule has 0 saturated carbocycles. The molecule has 1 unspecified atom stereocenters. The van der Waals surface area contributed by atoms with Gasteiger partial charge in [0.2, 0.25) is 11.8 Å². The van der Waals surface area contributed by atoms with E-state index in [1.165, 1.54) is 6.42 Å². The van der Waals surface area contributed by atoms with Crippen molar-refractivity contribution in [2.75, 3.05) is 26.7 Å². The van der Waals surface area contributed by atoms with Crippen LogP contribution in [0.5, 0.6) is 0 Å². The molecule has 2 amide bonds. The molecule has 1 fully saturated rings. The van der Waals surface area contributed by atoms with Crippen LogP contribution < -0.4 is 0 Å². The highest BCUT2D eigenvalue weighted by molar-refractivity contribution is 5.96. The van der Waals surface area contributed by atoms with E-state index in [1.807, 2.05) is 17.0 Å². The van der Waals surface area contributed by atoms with E-state index in [0.29, 0.717) is 12.5 Å². The van der Waals surface area contributed by atoms with Crippen molar-refractivity contribution < 1.29 is 9.59 Å². The van der Waals surface area contributed by atoms with Crippen LogP contribution >= 0.6 is 0 Å². The third-order valence-electron chi connectivity index (χ3n) is 4.22. The van der Waals surface area contributed by atoms with Gasteiger partial charge >= 0.3 is 0 Å². The Bertz CT molecular complexity index is 504. The van der Waals surface area contributed by atoms with Crippen LogP contribution in [0.1, 0.15) is 31.7 Å². The molecule has 22 heavy (non-hydrogen) atoms. The number of likely N-dealkylation sites (N-methyl/N-ethyl adjacent to an activating group) is 1. The fraction of sp³-hybridized carbons (Fsp3) is 0.588. The number of carbonyl (C=O) groups is 2. The molecule has 0 N–H and O–H groups in total. The molecule has 5 nitrogen and oxygen atoms in total. The first-order valence-electron chi connectivity index (χ1n) is 7.97. The SMILES string of the molecule is CC1CCCN(C(=O)CC(=O)N(C)CCc2ccncc2)C1. The molecule has 1 aliphatic rings. The smallest absolute Gasteiger partial charge is 0.232 e. The normalized spacial score (nSPS) is 18.1. The Kier molecular flexibility index (Phi) is 5.92. The van der Waals surface area contributed by atoms with Crippen LogP contribution in [0.15, 0.2) is 24.5 Å². The average molecular weight is 303 g/mol. The zero-order chi connectivity index (χ0) is 15.9. The van der Waals surface area contributed by atoms with Gasteiger partial charge in [0.15, 0.2) is 0 Å². The predicted octanol–water partition coefficient (Wildman–Crippen LogP) is 1.73. The molecule has 1 aromatic heterocycles. The van der Waals surface area contributed by atoms with E-state index < -0.39 is 0 Å². The number of pyridine rings is 1. The highest BCUT2D eigenvalue weighted by atomic mass is 16.2. The van der Waals surface area contributed by atoms with E-state index in [2.05, 4.69) is 11.9 Å². The third-order valence-corrected chi connectivity index (χ3v) is 4.22. The second-order valence-electron chi connectivity index (χ2n) is 6.18. The number of aromatic nitrogens is 1. The van der Waals surface area contributed by atoms with Crippen LogP contribution in [0, 0.1) is 5.92 Å². The van der Waals surface area contributed by atoms with Gasteiger partial charge in [-0.1, -0.05) is 6.92 Å². The molecule has 2 heterocycles. The van der Waals surface area contributed by atoms with Crippen LogP contribution in [-0.4, -0.2) is 53.3 Å². The monoisotopic (exact) mass is 303 g/mol. The summed E-state index contributed by atoms with van der Waals surface area (Å²) in [6.45, 7) is 4.35. The summed E-state index contributed by atoms with van der Waals surface area (Å²) >= 11 is 0. The molecule has 0 aliphatic carbocycles. The number of piperidine rings is 1. The lowest BCUT2D eigenvalue weighted by molar-refractivity contribution is -0.140. The minimum Gasteiger partial charge on any atom is -0.345 e. The summed E-state index contributed by atoms with van der Waals surface area (Å²) in [5.41, 5.74) is 1.14. The fourth-order valence-electron chi connectivity index (χ4n) is 2.76. The van der Waals surface area contributed by atoms with Crippen LogP contribution in [0.4, 0.5) is 0 Å². The lowest BCUT2D eigenvalue weighted by atomic mass is 10.00. The van der Waals surface area contributed by atoms with Crippen molar-refractivity contribution in [2.45, 2.75) is 32.6 Å². The number of carbonyl (C=O) groups excluding carboxylic acids is 2. The van der Waals surface area contributed by atoms with Crippen molar-refractivity contribution in [3.05, 3.63) is 30.1 Å². The first-order chi connectivity index (χ1) is 10.6. The molecule has 120 valence electrons. The summed E-state index contributed by atoms with van der Waals surface area (Å²) in [4.78, 5) is 31.8. The fourth-order valence-corrected chi connectivity index (χ4v) is 2.76. The number of nitrogens with zero attached hydrogens (tertiary/aromatic N) is 3. The first-order valence-corrected chi connectivity index (χ1v) is 7.97. The van der Waals surface area contributed by atoms with Gasteiger partial charge < -0.3 is 9.80 Å². The third kappa shape index (κ3) is 4.83. The molecule has 0 bridgehead atoms. The van der Waals surface area contributed by atoms with E-state index >= 15 is 0 Å². The second-order valence-corrected chi connectivity index (χ2v) is 6.18. The topological polar surface area (TPSA) is 53.5 Å². The van der Waals surface area contributed by atoms with Gasteiger partial charge in [-0.15, -0.1) is 0 Å². The van der Waals surface area contributed by atoms with Crippen molar-refractivity contribution in [1.29, 1.82) is 0 Å². The Hall–Kier alpha value is -1.91. The van der Waals surface area contributed by atoms with E-state index in [1.54, 1.807) is 24.3 Å². The van der Waals surface area contributed by atoms with Gasteiger partial charge in [0.25, 0.3) is 0 Å². The molecule has 0 radical (unpaired) electrons. The van der Waals surface area contributed by atoms with E-state index in [9.17, 15) is 9.59 Å². The highest BCUT2D eigenvalue weighted by Gasteiger charge is 2.23. The van der Waals surface area contributed by atoms with Gasteiger partial charge in [0, 0.05) is 39.1 Å². The van der Waals surface area contributed by atoms with Crippen molar-refractivity contribution in [2.24, 2.45) is 5.92 Å². The Morgan fingerprint density at radius 1 is 1.36 bits per heavy atom. The van der Waals surface area contributed by atoms with Crippen LogP contribution in [-0.2, 0) is 16.0 Å². The maximum absolute atomic E-state index is 12.2. The quantitative estimate of drug-likeness (QED) is 0.779. The largest absolute Gasteiger partial charge is 0.345 e. The highest BCUT2D eigenvalue weighted by Crippen LogP contribution is 2.16. The van der Waals surface area contributed by atoms with Crippen molar-refractivity contribution in [3.8, 4) is 0 Å². The molecule has 1 aromatic rings. The molecule has 2 rings (SSSR count). The molecule has 1 saturated heterocycles. The molecule has 0 aromatic carbocycles.